The van der Waals surface area contributed by atoms with E-state index in [2.05, 4.69) is 31.8 Å². The average Bonchev–Trinajstić information content (AvgIpc) is 3.50. The van der Waals surface area contributed by atoms with Gasteiger partial charge in [0.1, 0.15) is 0 Å². The fourth-order valence-corrected chi connectivity index (χ4v) is 4.45. The second kappa shape index (κ2) is 9.38. The fourth-order valence-electron chi connectivity index (χ4n) is 4.45. The summed E-state index contributed by atoms with van der Waals surface area (Å²) in [6, 6.07) is 15.7. The van der Waals surface area contributed by atoms with Gasteiger partial charge >= 0.3 is 6.03 Å². The summed E-state index contributed by atoms with van der Waals surface area (Å²) < 4.78 is 1.77. The summed E-state index contributed by atoms with van der Waals surface area (Å²) in [7, 11) is 0. The predicted molar refractivity (Wildman–Crippen MR) is 130 cm³/mol. The van der Waals surface area contributed by atoms with Gasteiger partial charge in [-0.2, -0.15) is 5.10 Å². The Morgan fingerprint density at radius 1 is 1.21 bits per heavy atom. The van der Waals surface area contributed by atoms with Gasteiger partial charge in [-0.3, -0.25) is 10.1 Å². The highest BCUT2D eigenvalue weighted by Gasteiger charge is 2.28. The molecule has 0 spiro atoms. The highest BCUT2D eigenvalue weighted by Crippen LogP contribution is 2.34. The number of hydrogen-bond donors (Lipinski definition) is 3. The Balaban J connectivity index is 1.42. The zero-order valence-electron chi connectivity index (χ0n) is 19.0. The topological polar surface area (TPSA) is 108 Å². The van der Waals surface area contributed by atoms with Gasteiger partial charge in [0.25, 0.3) is 0 Å². The van der Waals surface area contributed by atoms with Crippen molar-refractivity contribution in [1.82, 2.24) is 30.0 Å². The summed E-state index contributed by atoms with van der Waals surface area (Å²) in [6.45, 7) is 3.72. The fraction of sp³-hybridized carbons (Fsp3) is 0.280. The molecule has 5 rings (SSSR count). The Kier molecular flexibility index (Phi) is 5.99. The van der Waals surface area contributed by atoms with Crippen molar-refractivity contribution in [2.45, 2.75) is 32.2 Å². The number of benzene rings is 2. The van der Waals surface area contributed by atoms with Gasteiger partial charge in [-0.05, 0) is 48.6 Å². The summed E-state index contributed by atoms with van der Waals surface area (Å²) >= 11 is 0. The van der Waals surface area contributed by atoms with Crippen LogP contribution in [0.25, 0.3) is 16.7 Å². The number of rotatable bonds is 6. The largest absolute Gasteiger partial charge is 0.338 e. The van der Waals surface area contributed by atoms with Crippen LogP contribution in [-0.2, 0) is 11.3 Å². The molecular weight excluding hydrogens is 430 g/mol. The number of likely N-dealkylation sites (tertiary alicyclic amines) is 1. The second-order valence-electron chi connectivity index (χ2n) is 8.45. The number of fused-ring (bicyclic) bond motifs is 1. The van der Waals surface area contributed by atoms with E-state index in [9.17, 15) is 9.59 Å². The van der Waals surface area contributed by atoms with E-state index in [-0.39, 0.29) is 17.9 Å². The number of imidazole rings is 1. The molecular formula is C25H27N7O2. The standard InChI is InChI=1S/C25H27N7O2/c1-2-26-25(34)30-24-28-20-13-19(14-21(23(20)29-24)32-11-6-10-27-32)18-9-12-31(22(33)15-18)16-17-7-4-3-5-8-17/h3-8,10-11,13-14,18H,2,9,12,15-16H2,1H3,(H3,26,28,29,30,34). The van der Waals surface area contributed by atoms with E-state index in [0.29, 0.717) is 37.5 Å². The smallest absolute Gasteiger partial charge is 0.321 e. The summed E-state index contributed by atoms with van der Waals surface area (Å²) in [5.74, 6) is 0.608. The number of carbonyl (C=O) groups excluding carboxylic acids is 2. The molecule has 0 bridgehead atoms. The molecule has 0 saturated carbocycles. The number of aromatic amines is 1. The van der Waals surface area contributed by atoms with Crippen molar-refractivity contribution in [1.29, 1.82) is 0 Å². The molecule has 9 heteroatoms. The number of aromatic nitrogens is 4. The molecule has 174 valence electrons. The minimum Gasteiger partial charge on any atom is -0.338 e. The van der Waals surface area contributed by atoms with Gasteiger partial charge in [-0.15, -0.1) is 0 Å². The third-order valence-electron chi connectivity index (χ3n) is 6.12. The Hall–Kier alpha value is -4.14. The first-order valence-corrected chi connectivity index (χ1v) is 11.5. The van der Waals surface area contributed by atoms with Gasteiger partial charge < -0.3 is 15.2 Å². The van der Waals surface area contributed by atoms with Crippen LogP contribution < -0.4 is 10.6 Å². The van der Waals surface area contributed by atoms with Gasteiger partial charge in [0.2, 0.25) is 11.9 Å². The van der Waals surface area contributed by atoms with E-state index >= 15 is 0 Å². The van der Waals surface area contributed by atoms with Crippen LogP contribution in [0.3, 0.4) is 0 Å². The van der Waals surface area contributed by atoms with Gasteiger partial charge in [-0.1, -0.05) is 30.3 Å². The third-order valence-corrected chi connectivity index (χ3v) is 6.12. The van der Waals surface area contributed by atoms with E-state index in [4.69, 9.17) is 0 Å². The molecule has 9 nitrogen and oxygen atoms in total. The van der Waals surface area contributed by atoms with E-state index in [1.54, 1.807) is 10.9 Å². The SMILES string of the molecule is CCNC(=O)Nc1nc2cc(C3CCN(Cc4ccccc4)C(=O)C3)cc(-n3cccn3)c2[nH]1. The van der Waals surface area contributed by atoms with E-state index in [1.165, 1.54) is 0 Å². The lowest BCUT2D eigenvalue weighted by Gasteiger charge is -2.32. The lowest BCUT2D eigenvalue weighted by Crippen LogP contribution is -2.37. The molecule has 1 aliphatic heterocycles. The monoisotopic (exact) mass is 457 g/mol. The van der Waals surface area contributed by atoms with Crippen molar-refractivity contribution in [3.05, 3.63) is 72.1 Å². The van der Waals surface area contributed by atoms with Gasteiger partial charge in [0.05, 0.1) is 16.7 Å². The van der Waals surface area contributed by atoms with Crippen molar-refractivity contribution in [2.24, 2.45) is 0 Å². The number of hydrogen-bond acceptors (Lipinski definition) is 4. The quantitative estimate of drug-likeness (QED) is 0.409. The van der Waals surface area contributed by atoms with Crippen LogP contribution in [0.4, 0.5) is 10.7 Å². The second-order valence-corrected chi connectivity index (χ2v) is 8.45. The maximum absolute atomic E-state index is 13.0. The van der Waals surface area contributed by atoms with Crippen LogP contribution in [0, 0.1) is 0 Å². The van der Waals surface area contributed by atoms with E-state index < -0.39 is 0 Å². The summed E-state index contributed by atoms with van der Waals surface area (Å²) in [4.78, 5) is 34.7. The Labute approximate surface area is 197 Å². The van der Waals surface area contributed by atoms with Crippen LogP contribution in [0.5, 0.6) is 0 Å². The molecule has 0 aliphatic carbocycles. The molecule has 3 amide bonds. The Bertz CT molecular complexity index is 1300. The van der Waals surface area contributed by atoms with Gasteiger partial charge in [0, 0.05) is 38.4 Å². The number of nitrogens with zero attached hydrogens (tertiary/aromatic N) is 4. The average molecular weight is 458 g/mol. The predicted octanol–water partition coefficient (Wildman–Crippen LogP) is 3.80. The lowest BCUT2D eigenvalue weighted by molar-refractivity contribution is -0.134. The van der Waals surface area contributed by atoms with Crippen molar-refractivity contribution in [3.63, 3.8) is 0 Å². The molecule has 3 N–H and O–H groups in total. The number of H-pyrrole nitrogens is 1. The van der Waals surface area contributed by atoms with E-state index in [1.807, 2.05) is 60.5 Å². The van der Waals surface area contributed by atoms with Crippen molar-refractivity contribution in [3.8, 4) is 5.69 Å². The van der Waals surface area contributed by atoms with Crippen LogP contribution in [0.2, 0.25) is 0 Å². The van der Waals surface area contributed by atoms with Crippen LogP contribution in [-0.4, -0.2) is 49.7 Å². The summed E-state index contributed by atoms with van der Waals surface area (Å²) in [5.41, 5.74) is 4.50. The summed E-state index contributed by atoms with van der Waals surface area (Å²) in [6.07, 6.45) is 4.90. The molecule has 3 heterocycles. The molecule has 2 aromatic heterocycles. The van der Waals surface area contributed by atoms with E-state index in [0.717, 1.165) is 28.8 Å². The minimum atomic E-state index is -0.321. The van der Waals surface area contributed by atoms with Crippen LogP contribution >= 0.6 is 0 Å². The van der Waals surface area contributed by atoms with Gasteiger partial charge in [0.15, 0.2) is 0 Å². The first-order chi connectivity index (χ1) is 16.6. The Morgan fingerprint density at radius 3 is 2.79 bits per heavy atom. The normalized spacial score (nSPS) is 16.1. The lowest BCUT2D eigenvalue weighted by atomic mass is 9.88. The first kappa shape index (κ1) is 21.7. The number of amides is 3. The van der Waals surface area contributed by atoms with Crippen molar-refractivity contribution < 1.29 is 9.59 Å². The maximum atomic E-state index is 13.0. The van der Waals surface area contributed by atoms with Crippen molar-refractivity contribution in [2.75, 3.05) is 18.4 Å². The molecule has 1 unspecified atom stereocenters. The zero-order chi connectivity index (χ0) is 23.5. The number of nitrogens with one attached hydrogen (secondary N) is 3. The zero-order valence-corrected chi connectivity index (χ0v) is 19.0. The Morgan fingerprint density at radius 2 is 2.06 bits per heavy atom. The summed E-state index contributed by atoms with van der Waals surface area (Å²) in [5, 5.41) is 9.82. The molecule has 1 fully saturated rings. The molecule has 1 aliphatic rings. The molecule has 4 aromatic rings. The van der Waals surface area contributed by atoms with Crippen LogP contribution in [0.1, 0.15) is 36.8 Å². The molecule has 1 saturated heterocycles. The van der Waals surface area contributed by atoms with Gasteiger partial charge in [-0.25, -0.2) is 14.5 Å². The van der Waals surface area contributed by atoms with Crippen LogP contribution in [0.15, 0.2) is 60.9 Å². The minimum absolute atomic E-state index is 0.0923. The molecule has 1 atom stereocenters. The third kappa shape index (κ3) is 4.50. The number of urea groups is 1. The highest BCUT2D eigenvalue weighted by atomic mass is 16.2. The molecule has 0 radical (unpaired) electrons. The first-order valence-electron chi connectivity index (χ1n) is 11.5. The maximum Gasteiger partial charge on any atom is 0.321 e. The van der Waals surface area contributed by atoms with Crippen molar-refractivity contribution >= 4 is 28.9 Å². The molecule has 34 heavy (non-hydrogen) atoms. The number of carbonyl (C=O) groups is 2. The number of anilines is 1. The number of piperidine rings is 1. The highest BCUT2D eigenvalue weighted by molar-refractivity contribution is 5.92. The molecule has 2 aromatic carbocycles.